The molecule has 4 heterocycles. The molecule has 9 rings (SSSR count). The van der Waals surface area contributed by atoms with Crippen molar-refractivity contribution in [1.29, 1.82) is 0 Å². The molecule has 2 aromatic heterocycles. The lowest BCUT2D eigenvalue weighted by molar-refractivity contribution is -0.0328. The standard InChI is InChI=1S/C30H30ClN3O4S2.C25H25ClF3N3O3S3/c31-24-10-8-23(9-11-24)30(35)33-21-28-14-15-29(39-28)40(36,37)34-18-16-25(17-19-34)32-20-22-6-12-27(13-7-22)38-26-4-2-1-3-5-26;26-19-5-3-18(4-6-19)24(33)31-16-22-9-10-23(36-22)38(34,35)32-13-11-20(12-14-32)30-15-17-1-7-21(8-2-17)37-25(27,28)29/h1-15,25,32H,16-21H2,(H,33,35);1-10,20,30H,11-16H2,(H,31,33). The number of sulfonamides is 2. The van der Waals surface area contributed by atoms with Crippen molar-refractivity contribution in [2.75, 3.05) is 26.2 Å². The summed E-state index contributed by atoms with van der Waals surface area (Å²) in [5.74, 6) is 1.08. The van der Waals surface area contributed by atoms with Crippen LogP contribution in [0.4, 0.5) is 13.2 Å². The lowest BCUT2D eigenvalue weighted by Crippen LogP contribution is -2.44. The highest BCUT2D eigenvalue weighted by Crippen LogP contribution is 2.37. The number of ether oxygens (including phenoxy) is 1. The zero-order valence-corrected chi connectivity index (χ0v) is 47.4. The van der Waals surface area contributed by atoms with Crippen LogP contribution in [0.5, 0.6) is 11.5 Å². The third kappa shape index (κ3) is 17.1. The van der Waals surface area contributed by atoms with Gasteiger partial charge in [-0.25, -0.2) is 16.8 Å². The molecule has 0 atom stereocenters. The molecule has 13 nitrogen and oxygen atoms in total. The van der Waals surface area contributed by atoms with Gasteiger partial charge in [-0.05, 0) is 158 Å². The number of carbonyl (C=O) groups excluding carboxylic acids is 2. The first kappa shape index (κ1) is 58.8. The topological polar surface area (TPSA) is 166 Å². The summed E-state index contributed by atoms with van der Waals surface area (Å²) in [4.78, 5) is 26.3. The molecule has 2 fully saturated rings. The van der Waals surface area contributed by atoms with Crippen molar-refractivity contribution >= 4 is 89.5 Å². The minimum Gasteiger partial charge on any atom is -0.457 e. The summed E-state index contributed by atoms with van der Waals surface area (Å²) in [6.45, 7) is 3.32. The van der Waals surface area contributed by atoms with E-state index in [9.17, 15) is 39.6 Å². The van der Waals surface area contributed by atoms with E-state index >= 15 is 0 Å². The fourth-order valence-electron chi connectivity index (χ4n) is 8.41. The number of nitrogens with one attached hydrogen (secondary N) is 4. The largest absolute Gasteiger partial charge is 0.457 e. The summed E-state index contributed by atoms with van der Waals surface area (Å²) >= 11 is 13.9. The second-order valence-corrected chi connectivity index (χ2v) is 26.9. The normalized spacial score (nSPS) is 15.0. The van der Waals surface area contributed by atoms with Gasteiger partial charge in [-0.3, -0.25) is 9.59 Å². The van der Waals surface area contributed by atoms with Crippen molar-refractivity contribution < 1.29 is 44.3 Å². The Bertz CT molecular complexity index is 3300. The highest BCUT2D eigenvalue weighted by atomic mass is 35.5. The molecule has 0 aliphatic carbocycles. The van der Waals surface area contributed by atoms with Crippen LogP contribution < -0.4 is 26.0 Å². The summed E-state index contributed by atoms with van der Waals surface area (Å²) in [6, 6.07) is 44.0. The number of halogens is 5. The van der Waals surface area contributed by atoms with E-state index in [1.165, 1.54) is 27.8 Å². The van der Waals surface area contributed by atoms with E-state index in [1.807, 2.05) is 54.6 Å². The zero-order valence-electron chi connectivity index (χ0n) is 41.8. The molecular formula is C55H55Cl2F3N6O7S5. The Labute approximate surface area is 474 Å². The Balaban J connectivity index is 0.000000206. The van der Waals surface area contributed by atoms with Gasteiger partial charge in [0, 0.05) is 87.2 Å². The van der Waals surface area contributed by atoms with E-state index in [1.54, 1.807) is 89.2 Å². The molecule has 412 valence electrons. The second kappa shape index (κ2) is 27.2. The molecular weight excluding hydrogens is 1140 g/mol. The van der Waals surface area contributed by atoms with Crippen molar-refractivity contribution in [3.05, 3.63) is 194 Å². The quantitative estimate of drug-likeness (QED) is 0.0573. The van der Waals surface area contributed by atoms with Crippen LogP contribution in [0.1, 0.15) is 67.3 Å². The van der Waals surface area contributed by atoms with Gasteiger partial charge in [0.15, 0.2) is 0 Å². The molecule has 0 spiro atoms. The predicted octanol–water partition coefficient (Wildman–Crippen LogP) is 12.0. The van der Waals surface area contributed by atoms with Crippen molar-refractivity contribution in [2.45, 2.75) is 82.8 Å². The van der Waals surface area contributed by atoms with Gasteiger partial charge >= 0.3 is 5.51 Å². The summed E-state index contributed by atoms with van der Waals surface area (Å²) in [5.41, 5.74) is -1.34. The first-order chi connectivity index (χ1) is 37.4. The van der Waals surface area contributed by atoms with E-state index in [4.69, 9.17) is 27.9 Å². The molecule has 78 heavy (non-hydrogen) atoms. The van der Waals surface area contributed by atoms with E-state index in [-0.39, 0.29) is 57.9 Å². The number of piperidine rings is 2. The van der Waals surface area contributed by atoms with E-state index < -0.39 is 25.6 Å². The number of benzene rings is 5. The molecule has 23 heteroatoms. The number of thiophene rings is 2. The molecule has 0 bridgehead atoms. The number of carbonyl (C=O) groups is 2. The monoisotopic (exact) mass is 1200 g/mol. The smallest absolute Gasteiger partial charge is 0.446 e. The van der Waals surface area contributed by atoms with Crippen LogP contribution in [0, 0.1) is 0 Å². The Morgan fingerprint density at radius 2 is 0.936 bits per heavy atom. The number of para-hydroxylation sites is 1. The summed E-state index contributed by atoms with van der Waals surface area (Å²) < 4.78 is 99.6. The van der Waals surface area contributed by atoms with Crippen molar-refractivity contribution in [3.8, 4) is 11.5 Å². The minimum absolute atomic E-state index is 0.104. The van der Waals surface area contributed by atoms with E-state index in [0.29, 0.717) is 77.5 Å². The maximum atomic E-state index is 13.2. The van der Waals surface area contributed by atoms with Crippen LogP contribution in [-0.2, 0) is 46.2 Å². The Morgan fingerprint density at radius 3 is 1.35 bits per heavy atom. The summed E-state index contributed by atoms with van der Waals surface area (Å²) in [5, 5.41) is 13.6. The number of rotatable bonds is 19. The van der Waals surface area contributed by atoms with Gasteiger partial charge in [0.05, 0.1) is 13.1 Å². The summed E-state index contributed by atoms with van der Waals surface area (Å²) in [6.07, 6.45) is 2.72. The van der Waals surface area contributed by atoms with Crippen LogP contribution in [0.15, 0.2) is 165 Å². The van der Waals surface area contributed by atoms with E-state index in [0.717, 1.165) is 56.6 Å². The molecule has 7 aromatic rings. The van der Waals surface area contributed by atoms with Crippen molar-refractivity contribution in [2.24, 2.45) is 0 Å². The average Bonchev–Trinajstić information content (AvgIpc) is 4.16. The number of amides is 2. The van der Waals surface area contributed by atoms with Gasteiger partial charge in [0.2, 0.25) is 0 Å². The van der Waals surface area contributed by atoms with Gasteiger partial charge in [-0.15, -0.1) is 22.7 Å². The number of alkyl halides is 3. The fourth-order valence-corrected chi connectivity index (χ4v) is 15.0. The molecule has 4 N–H and O–H groups in total. The molecule has 0 radical (unpaired) electrons. The highest BCUT2D eigenvalue weighted by Gasteiger charge is 2.33. The fraction of sp³-hybridized carbons (Fsp3) is 0.273. The Kier molecular flexibility index (Phi) is 20.5. The molecule has 5 aromatic carbocycles. The minimum atomic E-state index is -4.31. The molecule has 0 saturated carbocycles. The van der Waals surface area contributed by atoms with Gasteiger partial charge in [-0.1, -0.05) is 65.7 Å². The molecule has 2 aliphatic rings. The van der Waals surface area contributed by atoms with Crippen LogP contribution in [0.2, 0.25) is 10.0 Å². The number of nitrogens with zero attached hydrogens (tertiary/aromatic N) is 2. The van der Waals surface area contributed by atoms with Crippen LogP contribution in [0.3, 0.4) is 0 Å². The highest BCUT2D eigenvalue weighted by molar-refractivity contribution is 8.00. The molecule has 2 amide bonds. The lowest BCUT2D eigenvalue weighted by Gasteiger charge is -2.31. The first-order valence-corrected chi connectivity index (χ1v) is 30.8. The maximum absolute atomic E-state index is 13.2. The molecule has 2 saturated heterocycles. The third-order valence-electron chi connectivity index (χ3n) is 12.7. The van der Waals surface area contributed by atoms with Gasteiger partial charge in [0.25, 0.3) is 31.9 Å². The van der Waals surface area contributed by atoms with Crippen LogP contribution in [0.25, 0.3) is 0 Å². The van der Waals surface area contributed by atoms with E-state index in [2.05, 4.69) is 21.3 Å². The third-order valence-corrected chi connectivity index (χ3v) is 20.8. The number of hydrogen-bond donors (Lipinski definition) is 4. The number of thioether (sulfide) groups is 1. The second-order valence-electron chi connectivity index (χ2n) is 18.2. The predicted molar refractivity (Wildman–Crippen MR) is 302 cm³/mol. The zero-order chi connectivity index (χ0) is 55.3. The van der Waals surface area contributed by atoms with Crippen molar-refractivity contribution in [3.63, 3.8) is 0 Å². The van der Waals surface area contributed by atoms with Crippen LogP contribution >= 0.6 is 57.6 Å². The molecule has 2 aliphatic heterocycles. The van der Waals surface area contributed by atoms with Gasteiger partial charge in [-0.2, -0.15) is 21.8 Å². The van der Waals surface area contributed by atoms with Gasteiger partial charge < -0.3 is 26.0 Å². The molecule has 0 unspecified atom stereocenters. The Hall–Kier alpha value is -5.30. The summed E-state index contributed by atoms with van der Waals surface area (Å²) in [7, 11) is -7.22. The first-order valence-electron chi connectivity index (χ1n) is 24.7. The average molecular weight is 1200 g/mol. The SMILES string of the molecule is O=C(NCc1ccc(S(=O)(=O)N2CCC(NCc3ccc(Oc4ccccc4)cc3)CC2)s1)c1ccc(Cl)cc1.O=C(NCc1ccc(S(=O)(=O)N2CCC(NCc3ccc(SC(F)(F)F)cc3)CC2)s1)c1ccc(Cl)cc1. The van der Waals surface area contributed by atoms with Crippen LogP contribution in [-0.4, -0.2) is 81.0 Å². The van der Waals surface area contributed by atoms with Gasteiger partial charge in [0.1, 0.15) is 19.9 Å². The lowest BCUT2D eigenvalue weighted by atomic mass is 10.1. The Morgan fingerprint density at radius 1 is 0.538 bits per heavy atom. The number of hydrogen-bond acceptors (Lipinski definition) is 12. The maximum Gasteiger partial charge on any atom is 0.446 e. The van der Waals surface area contributed by atoms with Crippen molar-refractivity contribution in [1.82, 2.24) is 29.9 Å².